The van der Waals surface area contributed by atoms with Crippen molar-refractivity contribution in [1.82, 2.24) is 4.98 Å². The molecule has 0 atom stereocenters. The fraction of sp³-hybridized carbons (Fsp3) is 0.222. The van der Waals surface area contributed by atoms with Gasteiger partial charge in [0.1, 0.15) is 5.82 Å². The summed E-state index contributed by atoms with van der Waals surface area (Å²) in [7, 11) is 0. The maximum Gasteiger partial charge on any atom is 0.123 e. The number of nitrogens with two attached hydrogens (primary N) is 1. The number of hydrogen-bond acceptors (Lipinski definition) is 2. The molecule has 0 fully saturated rings. The van der Waals surface area contributed by atoms with Crippen molar-refractivity contribution in [2.75, 3.05) is 5.73 Å². The van der Waals surface area contributed by atoms with Crippen LogP contribution >= 0.6 is 0 Å². The zero-order valence-electron chi connectivity index (χ0n) is 6.46. The van der Waals surface area contributed by atoms with Crippen LogP contribution in [0.4, 0.5) is 5.82 Å². The Morgan fingerprint density at radius 2 is 2.45 bits per heavy atom. The molecule has 0 spiro atoms. The van der Waals surface area contributed by atoms with Gasteiger partial charge in [-0.3, -0.25) is 0 Å². The highest BCUT2D eigenvalue weighted by molar-refractivity contribution is 5.31. The van der Waals surface area contributed by atoms with Gasteiger partial charge in [0.25, 0.3) is 0 Å². The van der Waals surface area contributed by atoms with Crippen molar-refractivity contribution in [2.24, 2.45) is 0 Å². The van der Waals surface area contributed by atoms with Crippen LogP contribution in [0.3, 0.4) is 0 Å². The number of aryl methyl sites for hydroxylation is 1. The molecule has 0 saturated carbocycles. The van der Waals surface area contributed by atoms with Crippen LogP contribution in [-0.2, 0) is 6.42 Å². The first-order valence-electron chi connectivity index (χ1n) is 3.64. The molecule has 0 aromatic carbocycles. The second kappa shape index (κ2) is 3.76. The van der Waals surface area contributed by atoms with Crippen LogP contribution in [0.2, 0.25) is 0 Å². The number of rotatable bonds is 3. The lowest BCUT2D eigenvalue weighted by Gasteiger charge is -1.97. The van der Waals surface area contributed by atoms with Crippen LogP contribution in [0.1, 0.15) is 12.0 Å². The third-order valence-electron chi connectivity index (χ3n) is 1.48. The second-order valence-electron chi connectivity index (χ2n) is 2.42. The molecule has 1 rings (SSSR count). The quantitative estimate of drug-likeness (QED) is 0.663. The van der Waals surface area contributed by atoms with Gasteiger partial charge in [-0.05, 0) is 30.5 Å². The molecule has 2 N–H and O–H groups in total. The summed E-state index contributed by atoms with van der Waals surface area (Å²) in [4.78, 5) is 3.90. The monoisotopic (exact) mass is 148 g/mol. The molecule has 2 nitrogen and oxygen atoms in total. The Bertz CT molecular complexity index is 243. The zero-order chi connectivity index (χ0) is 8.10. The van der Waals surface area contributed by atoms with Gasteiger partial charge >= 0.3 is 0 Å². The molecule has 0 aliphatic heterocycles. The maximum absolute atomic E-state index is 5.49. The molecule has 0 radical (unpaired) electrons. The van der Waals surface area contributed by atoms with E-state index in [1.165, 1.54) is 5.56 Å². The number of allylic oxidation sites excluding steroid dienone is 1. The van der Waals surface area contributed by atoms with Crippen molar-refractivity contribution >= 4 is 5.82 Å². The summed E-state index contributed by atoms with van der Waals surface area (Å²) in [6, 6.07) is 3.86. The van der Waals surface area contributed by atoms with E-state index in [1.807, 2.05) is 18.2 Å². The van der Waals surface area contributed by atoms with Gasteiger partial charge in [-0.2, -0.15) is 0 Å². The van der Waals surface area contributed by atoms with Crippen LogP contribution in [0, 0.1) is 0 Å². The first-order chi connectivity index (χ1) is 5.33. The maximum atomic E-state index is 5.49. The Labute approximate surface area is 66.8 Å². The molecule has 11 heavy (non-hydrogen) atoms. The number of nitrogens with zero attached hydrogens (tertiary/aromatic N) is 1. The van der Waals surface area contributed by atoms with Crippen LogP contribution in [0.5, 0.6) is 0 Å². The average Bonchev–Trinajstić information content (AvgIpc) is 2.01. The van der Waals surface area contributed by atoms with E-state index >= 15 is 0 Å². The summed E-state index contributed by atoms with van der Waals surface area (Å²) in [5, 5.41) is 0. The SMILES string of the molecule is C=CCCc1ccnc(N)c1. The molecule has 0 unspecified atom stereocenters. The van der Waals surface area contributed by atoms with Gasteiger partial charge in [-0.25, -0.2) is 4.98 Å². The molecule has 0 saturated heterocycles. The van der Waals surface area contributed by atoms with Gasteiger partial charge in [0.15, 0.2) is 0 Å². The predicted molar refractivity (Wildman–Crippen MR) is 47.2 cm³/mol. The summed E-state index contributed by atoms with van der Waals surface area (Å²) in [5.74, 6) is 0.589. The first-order valence-corrected chi connectivity index (χ1v) is 3.64. The molecule has 0 aliphatic carbocycles. The first kappa shape index (κ1) is 7.79. The van der Waals surface area contributed by atoms with E-state index in [0.717, 1.165) is 12.8 Å². The number of pyridine rings is 1. The molecule has 2 heteroatoms. The molecular formula is C9H12N2. The van der Waals surface area contributed by atoms with E-state index in [4.69, 9.17) is 5.73 Å². The van der Waals surface area contributed by atoms with Crippen LogP contribution in [0.25, 0.3) is 0 Å². The van der Waals surface area contributed by atoms with Gasteiger partial charge in [0, 0.05) is 6.20 Å². The molecule has 1 aromatic rings. The lowest BCUT2D eigenvalue weighted by molar-refractivity contribution is 0.999. The highest BCUT2D eigenvalue weighted by atomic mass is 14.8. The molecular weight excluding hydrogens is 136 g/mol. The Morgan fingerprint density at radius 3 is 3.09 bits per heavy atom. The van der Waals surface area contributed by atoms with Crippen molar-refractivity contribution in [1.29, 1.82) is 0 Å². The van der Waals surface area contributed by atoms with E-state index in [-0.39, 0.29) is 0 Å². The van der Waals surface area contributed by atoms with Gasteiger partial charge in [0.05, 0.1) is 0 Å². The smallest absolute Gasteiger partial charge is 0.123 e. The summed E-state index contributed by atoms with van der Waals surface area (Å²) >= 11 is 0. The minimum Gasteiger partial charge on any atom is -0.384 e. The summed E-state index contributed by atoms with van der Waals surface area (Å²) < 4.78 is 0. The Morgan fingerprint density at radius 1 is 1.64 bits per heavy atom. The summed E-state index contributed by atoms with van der Waals surface area (Å²) in [5.41, 5.74) is 6.71. The summed E-state index contributed by atoms with van der Waals surface area (Å²) in [6.45, 7) is 3.65. The molecule has 1 aromatic heterocycles. The molecule has 1 heterocycles. The summed E-state index contributed by atoms with van der Waals surface area (Å²) in [6.07, 6.45) is 5.62. The number of aromatic nitrogens is 1. The van der Waals surface area contributed by atoms with Gasteiger partial charge in [-0.15, -0.1) is 6.58 Å². The van der Waals surface area contributed by atoms with Crippen LogP contribution in [-0.4, -0.2) is 4.98 Å². The van der Waals surface area contributed by atoms with E-state index < -0.39 is 0 Å². The van der Waals surface area contributed by atoms with E-state index in [0.29, 0.717) is 5.82 Å². The van der Waals surface area contributed by atoms with Gasteiger partial charge < -0.3 is 5.73 Å². The normalized spacial score (nSPS) is 9.45. The number of nitrogen functional groups attached to an aromatic ring is 1. The number of anilines is 1. The topological polar surface area (TPSA) is 38.9 Å². The van der Waals surface area contributed by atoms with Crippen LogP contribution < -0.4 is 5.73 Å². The highest BCUT2D eigenvalue weighted by Gasteiger charge is 1.91. The largest absolute Gasteiger partial charge is 0.384 e. The van der Waals surface area contributed by atoms with Crippen molar-refractivity contribution in [3.8, 4) is 0 Å². The lowest BCUT2D eigenvalue weighted by atomic mass is 10.1. The third-order valence-corrected chi connectivity index (χ3v) is 1.48. The third kappa shape index (κ3) is 2.42. The molecule has 0 bridgehead atoms. The van der Waals surface area contributed by atoms with Crippen molar-refractivity contribution in [3.63, 3.8) is 0 Å². The fourth-order valence-corrected chi connectivity index (χ4v) is 0.919. The van der Waals surface area contributed by atoms with Crippen molar-refractivity contribution in [2.45, 2.75) is 12.8 Å². The zero-order valence-corrected chi connectivity index (χ0v) is 6.46. The van der Waals surface area contributed by atoms with Crippen molar-refractivity contribution < 1.29 is 0 Å². The molecule has 58 valence electrons. The van der Waals surface area contributed by atoms with Gasteiger partial charge in [0.2, 0.25) is 0 Å². The Balaban J connectivity index is 2.63. The minimum atomic E-state index is 0.589. The minimum absolute atomic E-state index is 0.589. The second-order valence-corrected chi connectivity index (χ2v) is 2.42. The predicted octanol–water partition coefficient (Wildman–Crippen LogP) is 1.78. The molecule has 0 aliphatic rings. The fourth-order valence-electron chi connectivity index (χ4n) is 0.919. The van der Waals surface area contributed by atoms with Crippen molar-refractivity contribution in [3.05, 3.63) is 36.5 Å². The standard InChI is InChI=1S/C9H12N2/c1-2-3-4-8-5-6-11-9(10)7-8/h2,5-7H,1,3-4H2,(H2,10,11). The lowest BCUT2D eigenvalue weighted by Crippen LogP contribution is -1.91. The Hall–Kier alpha value is -1.31. The van der Waals surface area contributed by atoms with E-state index in [9.17, 15) is 0 Å². The Kier molecular flexibility index (Phi) is 2.66. The molecule has 0 amide bonds. The average molecular weight is 148 g/mol. The number of hydrogen-bond donors (Lipinski definition) is 1. The highest BCUT2D eigenvalue weighted by Crippen LogP contribution is 2.05. The van der Waals surface area contributed by atoms with E-state index in [2.05, 4.69) is 11.6 Å². The van der Waals surface area contributed by atoms with E-state index in [1.54, 1.807) is 6.20 Å². The van der Waals surface area contributed by atoms with Gasteiger partial charge in [-0.1, -0.05) is 6.08 Å². The van der Waals surface area contributed by atoms with Crippen LogP contribution in [0.15, 0.2) is 31.0 Å².